The second kappa shape index (κ2) is 9.01. The maximum Gasteiger partial charge on any atom is 0.101 e. The van der Waals surface area contributed by atoms with Gasteiger partial charge in [-0.25, -0.2) is 4.68 Å². The lowest BCUT2D eigenvalue weighted by atomic mass is 9.96. The molecule has 3 heteroatoms. The lowest BCUT2D eigenvalue weighted by Gasteiger charge is -2.08. The zero-order valence-electron chi connectivity index (χ0n) is 16.1. The van der Waals surface area contributed by atoms with Gasteiger partial charge in [0.1, 0.15) is 5.69 Å². The molecule has 1 aliphatic rings. The first-order valence-electron chi connectivity index (χ1n) is 9.82. The van der Waals surface area contributed by atoms with Gasteiger partial charge in [-0.05, 0) is 49.8 Å². The molecule has 3 nitrogen and oxygen atoms in total. The molecule has 0 atom stereocenters. The van der Waals surface area contributed by atoms with E-state index in [0.717, 1.165) is 41.9 Å². The summed E-state index contributed by atoms with van der Waals surface area (Å²) in [4.78, 5) is 4.60. The monoisotopic (exact) mass is 366 g/mol. The molecule has 1 fully saturated rings. The van der Waals surface area contributed by atoms with Crippen molar-refractivity contribution in [1.29, 1.82) is 0 Å². The van der Waals surface area contributed by atoms with Gasteiger partial charge in [-0.1, -0.05) is 55.8 Å². The number of benzene rings is 2. The average Bonchev–Trinajstić information content (AvgIpc) is 3.42. The number of unbranched alkanes of at least 4 members (excludes halogenated alkanes) is 1. The Bertz CT molecular complexity index is 901. The molecule has 0 N–H and O–H groups in total. The molecule has 5 radical (unpaired) electrons. The molecule has 1 aromatic heterocycles. The SMILES string of the molecule is CCCCN=Cc1cn(-c2ccccc2)nc1-c1ccc([C]2[CH][CH][CH][CH]2)cc1. The highest BCUT2D eigenvalue weighted by Gasteiger charge is 2.19. The number of hydrogen-bond donors (Lipinski definition) is 0. The summed E-state index contributed by atoms with van der Waals surface area (Å²) in [7, 11) is 0. The number of rotatable bonds is 7. The average molecular weight is 366 g/mol. The topological polar surface area (TPSA) is 30.2 Å². The summed E-state index contributed by atoms with van der Waals surface area (Å²) in [6, 6.07) is 18.8. The molecule has 0 saturated heterocycles. The lowest BCUT2D eigenvalue weighted by Crippen LogP contribution is -1.95. The second-order valence-corrected chi connectivity index (χ2v) is 6.85. The predicted octanol–water partition coefficient (Wildman–Crippen LogP) is 5.51. The van der Waals surface area contributed by atoms with Crippen LogP contribution < -0.4 is 0 Å². The van der Waals surface area contributed by atoms with Crippen molar-refractivity contribution >= 4 is 6.21 Å². The number of para-hydroxylation sites is 1. The fraction of sp³-hybridized carbons (Fsp3) is 0.160. The molecule has 28 heavy (non-hydrogen) atoms. The maximum absolute atomic E-state index is 4.87. The standard InChI is InChI=1S/C25H24N3/c1-2-3-17-26-18-23-19-28(24-11-5-4-6-12-24)27-25(23)22-15-13-21(14-16-22)20-9-7-8-10-20/h4-16,18-19H,2-3,17H2,1H3. The van der Waals surface area contributed by atoms with Gasteiger partial charge in [-0.2, -0.15) is 5.10 Å². The minimum Gasteiger partial charge on any atom is -0.292 e. The third-order valence-electron chi connectivity index (χ3n) is 4.79. The Labute approximate surface area is 168 Å². The van der Waals surface area contributed by atoms with E-state index in [1.165, 1.54) is 11.5 Å². The molecule has 3 aromatic rings. The van der Waals surface area contributed by atoms with Crippen molar-refractivity contribution in [3.63, 3.8) is 0 Å². The van der Waals surface area contributed by atoms with Gasteiger partial charge in [0.25, 0.3) is 0 Å². The number of aromatic nitrogens is 2. The predicted molar refractivity (Wildman–Crippen MR) is 116 cm³/mol. The minimum atomic E-state index is 0.850. The van der Waals surface area contributed by atoms with Crippen LogP contribution in [0.3, 0.4) is 0 Å². The number of aliphatic imine (C=N–C) groups is 1. The van der Waals surface area contributed by atoms with E-state index < -0.39 is 0 Å². The van der Waals surface area contributed by atoms with E-state index in [1.54, 1.807) is 0 Å². The molecular formula is C25H24N3. The third-order valence-corrected chi connectivity index (χ3v) is 4.79. The van der Waals surface area contributed by atoms with Crippen LogP contribution in [0.4, 0.5) is 0 Å². The summed E-state index contributed by atoms with van der Waals surface area (Å²) in [5, 5.41) is 4.87. The van der Waals surface area contributed by atoms with Gasteiger partial charge in [-0.15, -0.1) is 0 Å². The van der Waals surface area contributed by atoms with Crippen LogP contribution in [-0.4, -0.2) is 22.5 Å². The Morgan fingerprint density at radius 1 is 0.929 bits per heavy atom. The van der Waals surface area contributed by atoms with Gasteiger partial charge in [0.2, 0.25) is 0 Å². The van der Waals surface area contributed by atoms with E-state index in [-0.39, 0.29) is 0 Å². The molecule has 0 unspecified atom stereocenters. The molecular weight excluding hydrogens is 342 g/mol. The summed E-state index contributed by atoms with van der Waals surface area (Å²) in [6.07, 6.45) is 14.7. The molecule has 4 rings (SSSR count). The van der Waals surface area contributed by atoms with Crippen LogP contribution in [0.2, 0.25) is 0 Å². The van der Waals surface area contributed by atoms with Crippen LogP contribution in [-0.2, 0) is 0 Å². The fourth-order valence-electron chi connectivity index (χ4n) is 3.22. The first-order chi connectivity index (χ1) is 13.8. The van der Waals surface area contributed by atoms with Crippen LogP contribution in [0.25, 0.3) is 16.9 Å². The van der Waals surface area contributed by atoms with Crippen LogP contribution in [0.1, 0.15) is 30.9 Å². The Morgan fingerprint density at radius 2 is 1.64 bits per heavy atom. The molecule has 0 bridgehead atoms. The third kappa shape index (κ3) is 4.24. The van der Waals surface area contributed by atoms with E-state index in [0.29, 0.717) is 0 Å². The van der Waals surface area contributed by atoms with Gasteiger partial charge in [0, 0.05) is 36.0 Å². The van der Waals surface area contributed by atoms with Crippen LogP contribution in [0.5, 0.6) is 0 Å². The molecule has 0 spiro atoms. The maximum atomic E-state index is 4.87. The first-order valence-corrected chi connectivity index (χ1v) is 9.82. The number of hydrogen-bond acceptors (Lipinski definition) is 2. The van der Waals surface area contributed by atoms with Gasteiger partial charge in [-0.3, -0.25) is 4.99 Å². The van der Waals surface area contributed by atoms with E-state index in [4.69, 9.17) is 5.10 Å². The van der Waals surface area contributed by atoms with Gasteiger partial charge >= 0.3 is 0 Å². The van der Waals surface area contributed by atoms with Crippen LogP contribution in [0, 0.1) is 31.6 Å². The Hall–Kier alpha value is -2.68. The summed E-state index contributed by atoms with van der Waals surface area (Å²) >= 11 is 0. The van der Waals surface area contributed by atoms with Crippen molar-refractivity contribution in [3.8, 4) is 16.9 Å². The van der Waals surface area contributed by atoms with Crippen LogP contribution in [0.15, 0.2) is 65.8 Å². The summed E-state index contributed by atoms with van der Waals surface area (Å²) in [5.41, 5.74) is 5.36. The van der Waals surface area contributed by atoms with Gasteiger partial charge in [0.05, 0.1) is 5.69 Å². The minimum absolute atomic E-state index is 0.850. The molecule has 1 aliphatic carbocycles. The van der Waals surface area contributed by atoms with Crippen molar-refractivity contribution in [2.45, 2.75) is 19.8 Å². The largest absolute Gasteiger partial charge is 0.292 e. The zero-order valence-corrected chi connectivity index (χ0v) is 16.1. The van der Waals surface area contributed by atoms with E-state index in [1.807, 2.05) is 29.1 Å². The van der Waals surface area contributed by atoms with Crippen molar-refractivity contribution < 1.29 is 0 Å². The highest BCUT2D eigenvalue weighted by Crippen LogP contribution is 2.31. The Morgan fingerprint density at radius 3 is 2.36 bits per heavy atom. The molecule has 1 heterocycles. The van der Waals surface area contributed by atoms with Crippen molar-refractivity contribution in [2.24, 2.45) is 4.99 Å². The van der Waals surface area contributed by atoms with Gasteiger partial charge < -0.3 is 0 Å². The van der Waals surface area contributed by atoms with Crippen molar-refractivity contribution in [2.75, 3.05) is 6.54 Å². The number of nitrogens with zero attached hydrogens (tertiary/aromatic N) is 3. The highest BCUT2D eigenvalue weighted by molar-refractivity contribution is 5.88. The Balaban J connectivity index is 1.65. The highest BCUT2D eigenvalue weighted by atomic mass is 15.3. The van der Waals surface area contributed by atoms with E-state index in [9.17, 15) is 0 Å². The second-order valence-electron chi connectivity index (χ2n) is 6.85. The molecule has 139 valence electrons. The van der Waals surface area contributed by atoms with Crippen molar-refractivity contribution in [1.82, 2.24) is 9.78 Å². The quantitative estimate of drug-likeness (QED) is 0.400. The lowest BCUT2D eigenvalue weighted by molar-refractivity contribution is 0.810. The summed E-state index contributed by atoms with van der Waals surface area (Å²) in [6.45, 7) is 3.03. The first kappa shape index (κ1) is 18.7. The summed E-state index contributed by atoms with van der Waals surface area (Å²) < 4.78 is 1.93. The van der Waals surface area contributed by atoms with Gasteiger partial charge in [0.15, 0.2) is 0 Å². The fourth-order valence-corrected chi connectivity index (χ4v) is 3.22. The van der Waals surface area contributed by atoms with E-state index >= 15 is 0 Å². The molecule has 0 aliphatic heterocycles. The Kier molecular flexibility index (Phi) is 6.01. The normalized spacial score (nSPS) is 14.9. The van der Waals surface area contributed by atoms with Crippen LogP contribution >= 0.6 is 0 Å². The molecule has 2 aromatic carbocycles. The zero-order chi connectivity index (χ0) is 19.2. The smallest absolute Gasteiger partial charge is 0.101 e. The molecule has 0 amide bonds. The van der Waals surface area contributed by atoms with Crippen molar-refractivity contribution in [3.05, 3.63) is 104 Å². The molecule has 1 saturated carbocycles. The summed E-state index contributed by atoms with van der Waals surface area (Å²) in [5.74, 6) is 1.24. The van der Waals surface area contributed by atoms with E-state index in [2.05, 4.69) is 80.2 Å².